The zero-order valence-corrected chi connectivity index (χ0v) is 15.1. The molecule has 0 amide bonds. The summed E-state index contributed by atoms with van der Waals surface area (Å²) >= 11 is 0. The first-order valence-electron chi connectivity index (χ1n) is 8.81. The lowest BCUT2D eigenvalue weighted by Crippen LogP contribution is -2.33. The number of nitrogens with one attached hydrogen (secondary N) is 2. The Kier molecular flexibility index (Phi) is 5.17. The Morgan fingerprint density at radius 1 is 1.24 bits per heavy atom. The summed E-state index contributed by atoms with van der Waals surface area (Å²) < 4.78 is 6.82. The molecule has 154 valence electrons. The predicted octanol–water partition coefficient (Wildman–Crippen LogP) is -1.14. The molecule has 7 N–H and O–H groups in total. The van der Waals surface area contributed by atoms with Crippen molar-refractivity contribution in [2.45, 2.75) is 31.1 Å². The molecule has 0 spiro atoms. The van der Waals surface area contributed by atoms with Gasteiger partial charge in [-0.1, -0.05) is 30.3 Å². The van der Waals surface area contributed by atoms with E-state index in [0.29, 0.717) is 0 Å². The number of aliphatic hydroxyl groups excluding tert-OH is 3. The Bertz CT molecular complexity index is 1050. The summed E-state index contributed by atoms with van der Waals surface area (Å²) in [6.45, 7) is -0.323. The number of imidazole rings is 1. The molecule has 1 aromatic carbocycles. The van der Waals surface area contributed by atoms with Crippen LogP contribution in [0.15, 0.2) is 35.1 Å². The van der Waals surface area contributed by atoms with Crippen LogP contribution in [0.4, 0.5) is 11.9 Å². The number of aromatic nitrogens is 4. The van der Waals surface area contributed by atoms with Gasteiger partial charge in [-0.05, 0) is 5.56 Å². The molecular formula is C17H20N6O6. The Morgan fingerprint density at radius 2 is 2.00 bits per heavy atom. The van der Waals surface area contributed by atoms with Crippen molar-refractivity contribution in [2.24, 2.45) is 0 Å². The van der Waals surface area contributed by atoms with Crippen molar-refractivity contribution in [1.29, 1.82) is 0 Å². The lowest BCUT2D eigenvalue weighted by Gasteiger charge is -2.19. The Hall–Kier alpha value is -3.03. The fourth-order valence-electron chi connectivity index (χ4n) is 3.17. The number of fused-ring (bicyclic) bond motifs is 1. The van der Waals surface area contributed by atoms with Crippen molar-refractivity contribution in [2.75, 3.05) is 17.8 Å². The van der Waals surface area contributed by atoms with Crippen LogP contribution < -0.4 is 16.8 Å². The highest BCUT2D eigenvalue weighted by atomic mass is 16.6. The maximum Gasteiger partial charge on any atom is 0.280 e. The molecule has 4 unspecified atom stereocenters. The van der Waals surface area contributed by atoms with Crippen molar-refractivity contribution in [1.82, 2.24) is 19.5 Å². The maximum absolute atomic E-state index is 12.2. The Balaban J connectivity index is 1.70. The van der Waals surface area contributed by atoms with E-state index in [1.165, 1.54) is 4.57 Å². The third-order valence-corrected chi connectivity index (χ3v) is 4.59. The molecule has 2 aromatic heterocycles. The minimum Gasteiger partial charge on any atom is -0.394 e. The normalized spacial score (nSPS) is 24.2. The number of nitrogens with two attached hydrogens (primary N) is 1. The van der Waals surface area contributed by atoms with Gasteiger partial charge in [-0.3, -0.25) is 19.2 Å². The third kappa shape index (κ3) is 3.54. The molecule has 0 aliphatic carbocycles. The van der Waals surface area contributed by atoms with Gasteiger partial charge in [0, 0.05) is 0 Å². The molecular weight excluding hydrogens is 384 g/mol. The monoisotopic (exact) mass is 404 g/mol. The zero-order valence-electron chi connectivity index (χ0n) is 15.1. The smallest absolute Gasteiger partial charge is 0.280 e. The summed E-state index contributed by atoms with van der Waals surface area (Å²) in [5, 5.41) is 29.9. The number of benzene rings is 1. The van der Waals surface area contributed by atoms with E-state index in [1.807, 2.05) is 30.3 Å². The third-order valence-electron chi connectivity index (χ3n) is 4.59. The summed E-state index contributed by atoms with van der Waals surface area (Å²) in [4.78, 5) is 28.3. The van der Waals surface area contributed by atoms with Crippen LogP contribution in [0.5, 0.6) is 0 Å². The van der Waals surface area contributed by atoms with E-state index in [0.717, 1.165) is 5.56 Å². The van der Waals surface area contributed by atoms with Crippen LogP contribution in [0.1, 0.15) is 11.8 Å². The first-order valence-corrected chi connectivity index (χ1v) is 8.81. The van der Waals surface area contributed by atoms with Crippen LogP contribution in [-0.4, -0.2) is 59.8 Å². The standard InChI is InChI=1S/C17H20N6O6/c18-16-20-13-10(14(27)21-16)19-17(22-28-7-8-4-2-1-3-5-8)23(13)15-12(26)11(25)9(6-24)29-15/h1-5,9,11-12,15,24-26H,6-7H2,(H,19,22)(H3,18,20,21,27). The van der Waals surface area contributed by atoms with E-state index in [4.69, 9.17) is 15.3 Å². The van der Waals surface area contributed by atoms with Crippen LogP contribution in [-0.2, 0) is 16.2 Å². The van der Waals surface area contributed by atoms with E-state index in [1.54, 1.807) is 0 Å². The summed E-state index contributed by atoms with van der Waals surface area (Å²) in [7, 11) is 0. The molecule has 12 heteroatoms. The van der Waals surface area contributed by atoms with Crippen LogP contribution in [0.25, 0.3) is 11.2 Å². The maximum atomic E-state index is 12.2. The number of H-pyrrole nitrogens is 1. The molecule has 1 aliphatic rings. The van der Waals surface area contributed by atoms with Gasteiger partial charge in [-0.15, -0.1) is 0 Å². The SMILES string of the molecule is Nc1nc2c(nc(NOCc3ccccc3)n2C2OC(CO)C(O)C2O)c(=O)[nH]1. The van der Waals surface area contributed by atoms with Gasteiger partial charge >= 0.3 is 0 Å². The molecule has 3 heterocycles. The number of ether oxygens (including phenoxy) is 1. The molecule has 1 saturated heterocycles. The average molecular weight is 404 g/mol. The summed E-state index contributed by atoms with van der Waals surface area (Å²) in [6, 6.07) is 9.33. The number of nitrogens with zero attached hydrogens (tertiary/aromatic N) is 3. The summed E-state index contributed by atoms with van der Waals surface area (Å²) in [5.74, 6) is -0.151. The Morgan fingerprint density at radius 3 is 2.69 bits per heavy atom. The van der Waals surface area contributed by atoms with Crippen LogP contribution in [0.3, 0.4) is 0 Å². The minimum absolute atomic E-state index is 0.00868. The Labute approximate surface area is 163 Å². The average Bonchev–Trinajstić information content (AvgIpc) is 3.20. The quantitative estimate of drug-likeness (QED) is 0.275. The number of aliphatic hydroxyl groups is 3. The molecule has 4 rings (SSSR count). The van der Waals surface area contributed by atoms with Crippen LogP contribution in [0.2, 0.25) is 0 Å². The molecule has 0 radical (unpaired) electrons. The molecule has 12 nitrogen and oxygen atoms in total. The van der Waals surface area contributed by atoms with Gasteiger partial charge in [0.1, 0.15) is 18.3 Å². The van der Waals surface area contributed by atoms with Gasteiger partial charge in [-0.25, -0.2) is 10.5 Å². The molecule has 4 atom stereocenters. The molecule has 0 saturated carbocycles. The van der Waals surface area contributed by atoms with Gasteiger partial charge in [0.15, 0.2) is 17.4 Å². The van der Waals surface area contributed by atoms with E-state index in [2.05, 4.69) is 20.4 Å². The molecule has 1 aliphatic heterocycles. The lowest BCUT2D eigenvalue weighted by atomic mass is 10.1. The number of hydrogen-bond acceptors (Lipinski definition) is 10. The second kappa shape index (κ2) is 7.77. The van der Waals surface area contributed by atoms with Crippen molar-refractivity contribution >= 4 is 23.1 Å². The number of rotatable bonds is 6. The fraction of sp³-hybridized carbons (Fsp3) is 0.353. The summed E-state index contributed by atoms with van der Waals surface area (Å²) in [5.41, 5.74) is 8.51. The van der Waals surface area contributed by atoms with Crippen molar-refractivity contribution in [3.05, 3.63) is 46.2 Å². The highest BCUT2D eigenvalue weighted by Gasteiger charge is 2.45. The van der Waals surface area contributed by atoms with E-state index in [-0.39, 0.29) is 29.7 Å². The topological polar surface area (TPSA) is 181 Å². The fourth-order valence-corrected chi connectivity index (χ4v) is 3.17. The van der Waals surface area contributed by atoms with Crippen LogP contribution >= 0.6 is 0 Å². The molecule has 1 fully saturated rings. The van der Waals surface area contributed by atoms with Gasteiger partial charge in [-0.2, -0.15) is 4.98 Å². The number of nitrogen functional groups attached to an aromatic ring is 1. The predicted molar refractivity (Wildman–Crippen MR) is 100 cm³/mol. The summed E-state index contributed by atoms with van der Waals surface area (Å²) in [6.07, 6.45) is -4.98. The van der Waals surface area contributed by atoms with E-state index >= 15 is 0 Å². The van der Waals surface area contributed by atoms with Crippen molar-refractivity contribution in [3.63, 3.8) is 0 Å². The largest absolute Gasteiger partial charge is 0.394 e. The zero-order chi connectivity index (χ0) is 20.5. The highest BCUT2D eigenvalue weighted by molar-refractivity contribution is 5.74. The van der Waals surface area contributed by atoms with Crippen molar-refractivity contribution < 1.29 is 24.9 Å². The van der Waals surface area contributed by atoms with Gasteiger partial charge in [0.25, 0.3) is 5.56 Å². The number of anilines is 2. The van der Waals surface area contributed by atoms with Crippen molar-refractivity contribution in [3.8, 4) is 0 Å². The second-order valence-corrected chi connectivity index (χ2v) is 6.53. The lowest BCUT2D eigenvalue weighted by molar-refractivity contribution is -0.0508. The van der Waals surface area contributed by atoms with Gasteiger partial charge in [0.2, 0.25) is 11.9 Å². The van der Waals surface area contributed by atoms with E-state index < -0.39 is 36.7 Å². The minimum atomic E-state index is -1.42. The van der Waals surface area contributed by atoms with Gasteiger partial charge in [0.05, 0.1) is 13.2 Å². The first kappa shape index (κ1) is 19.3. The highest BCUT2D eigenvalue weighted by Crippen LogP contribution is 2.33. The van der Waals surface area contributed by atoms with Crippen LogP contribution in [0, 0.1) is 0 Å². The number of aromatic amines is 1. The second-order valence-electron chi connectivity index (χ2n) is 6.53. The molecule has 29 heavy (non-hydrogen) atoms. The molecule has 0 bridgehead atoms. The van der Waals surface area contributed by atoms with Gasteiger partial charge < -0.3 is 25.8 Å². The van der Waals surface area contributed by atoms with E-state index in [9.17, 15) is 20.1 Å². The molecule has 3 aromatic rings. The number of hydrogen-bond donors (Lipinski definition) is 6. The first-order chi connectivity index (χ1) is 14.0.